The zero-order chi connectivity index (χ0) is 15.7. The number of halogens is 2. The van der Waals surface area contributed by atoms with Crippen molar-refractivity contribution < 1.29 is 4.79 Å². The Bertz CT molecular complexity index is 724. The van der Waals surface area contributed by atoms with Crippen LogP contribution in [0.15, 0.2) is 18.2 Å². The predicted octanol–water partition coefficient (Wildman–Crippen LogP) is 3.54. The van der Waals surface area contributed by atoms with E-state index in [-0.39, 0.29) is 5.91 Å². The summed E-state index contributed by atoms with van der Waals surface area (Å²) < 4.78 is 1.93. The Morgan fingerprint density at radius 2 is 2.09 bits per heavy atom. The number of carbonyl (C=O) groups is 1. The first-order chi connectivity index (χ1) is 10.6. The lowest BCUT2D eigenvalue weighted by atomic mass is 9.95. The number of aryl methyl sites for hydroxylation is 1. The molecule has 1 aromatic carbocycles. The van der Waals surface area contributed by atoms with E-state index in [9.17, 15) is 4.79 Å². The molecule has 0 spiro atoms. The molecule has 4 nitrogen and oxygen atoms in total. The maximum absolute atomic E-state index is 12.3. The number of hydrogen-bond acceptors (Lipinski definition) is 2. The molecule has 0 saturated carbocycles. The number of amides is 1. The number of nitrogens with one attached hydrogen (secondary N) is 1. The van der Waals surface area contributed by atoms with E-state index in [4.69, 9.17) is 23.2 Å². The van der Waals surface area contributed by atoms with Gasteiger partial charge in [0.15, 0.2) is 0 Å². The van der Waals surface area contributed by atoms with Gasteiger partial charge in [-0.3, -0.25) is 9.48 Å². The third kappa shape index (κ3) is 2.99. The van der Waals surface area contributed by atoms with E-state index in [0.717, 1.165) is 18.5 Å². The third-order valence-electron chi connectivity index (χ3n) is 4.04. The fraction of sp³-hybridized carbons (Fsp3) is 0.375. The fourth-order valence-corrected chi connectivity index (χ4v) is 3.31. The van der Waals surface area contributed by atoms with E-state index < -0.39 is 0 Å². The molecule has 0 radical (unpaired) electrons. The van der Waals surface area contributed by atoms with Crippen LogP contribution in [0, 0.1) is 0 Å². The summed E-state index contributed by atoms with van der Waals surface area (Å²) in [5, 5.41) is 8.31. The van der Waals surface area contributed by atoms with Crippen molar-refractivity contribution in [2.75, 3.05) is 0 Å². The minimum absolute atomic E-state index is 0.234. The maximum Gasteiger partial charge on any atom is 0.253 e. The lowest BCUT2D eigenvalue weighted by Gasteiger charge is -2.13. The molecule has 0 bridgehead atoms. The molecule has 22 heavy (non-hydrogen) atoms. The van der Waals surface area contributed by atoms with Crippen LogP contribution in [0.4, 0.5) is 0 Å². The van der Waals surface area contributed by atoms with Crippen molar-refractivity contribution in [3.63, 3.8) is 0 Å². The van der Waals surface area contributed by atoms with Gasteiger partial charge in [-0.2, -0.15) is 5.10 Å². The first kappa shape index (κ1) is 15.4. The van der Waals surface area contributed by atoms with Gasteiger partial charge in [-0.1, -0.05) is 23.2 Å². The Morgan fingerprint density at radius 3 is 2.91 bits per heavy atom. The molecule has 116 valence electrons. The molecule has 6 heteroatoms. The second-order valence-corrected chi connectivity index (χ2v) is 6.35. The average Bonchev–Trinajstić information content (AvgIpc) is 2.84. The zero-order valence-electron chi connectivity index (χ0n) is 12.3. The summed E-state index contributed by atoms with van der Waals surface area (Å²) >= 11 is 12.0. The highest BCUT2D eigenvalue weighted by Crippen LogP contribution is 2.24. The molecule has 1 amide bonds. The highest BCUT2D eigenvalue weighted by molar-refractivity contribution is 6.35. The summed E-state index contributed by atoms with van der Waals surface area (Å²) in [5.41, 5.74) is 3.91. The van der Waals surface area contributed by atoms with Gasteiger partial charge < -0.3 is 5.32 Å². The molecule has 1 aromatic heterocycles. The number of hydrogen-bond donors (Lipinski definition) is 1. The van der Waals surface area contributed by atoms with E-state index >= 15 is 0 Å². The normalized spacial score (nSPS) is 13.8. The Labute approximate surface area is 139 Å². The van der Waals surface area contributed by atoms with Crippen LogP contribution in [0.5, 0.6) is 0 Å². The summed E-state index contributed by atoms with van der Waals surface area (Å²) in [5.74, 6) is -0.234. The van der Waals surface area contributed by atoms with Crippen LogP contribution < -0.4 is 5.32 Å². The second kappa shape index (κ2) is 6.31. The van der Waals surface area contributed by atoms with Crippen LogP contribution in [0.3, 0.4) is 0 Å². The van der Waals surface area contributed by atoms with Gasteiger partial charge in [-0.05, 0) is 49.4 Å². The minimum Gasteiger partial charge on any atom is -0.346 e. The van der Waals surface area contributed by atoms with Gasteiger partial charge in [0.1, 0.15) is 0 Å². The molecule has 2 aromatic rings. The SMILES string of the molecule is Cn1nc(CNC(=O)c2cc(Cl)ccc2Cl)c2c1CCCC2. The topological polar surface area (TPSA) is 46.9 Å². The van der Waals surface area contributed by atoms with Crippen molar-refractivity contribution in [3.05, 3.63) is 50.8 Å². The summed E-state index contributed by atoms with van der Waals surface area (Å²) in [6.07, 6.45) is 4.48. The Morgan fingerprint density at radius 1 is 1.32 bits per heavy atom. The molecule has 0 fully saturated rings. The molecule has 1 N–H and O–H groups in total. The smallest absolute Gasteiger partial charge is 0.253 e. The number of carbonyl (C=O) groups excluding carboxylic acids is 1. The molecule has 3 rings (SSSR count). The quantitative estimate of drug-likeness (QED) is 0.931. The summed E-state index contributed by atoms with van der Waals surface area (Å²) in [7, 11) is 1.96. The maximum atomic E-state index is 12.3. The van der Waals surface area contributed by atoms with E-state index in [1.165, 1.54) is 24.1 Å². The molecule has 0 aliphatic heterocycles. The zero-order valence-corrected chi connectivity index (χ0v) is 13.8. The van der Waals surface area contributed by atoms with Crippen molar-refractivity contribution in [1.29, 1.82) is 0 Å². The van der Waals surface area contributed by atoms with E-state index in [1.54, 1.807) is 18.2 Å². The first-order valence-electron chi connectivity index (χ1n) is 7.33. The molecular formula is C16H17Cl2N3O. The van der Waals surface area contributed by atoms with Gasteiger partial charge in [0.2, 0.25) is 0 Å². The Hall–Kier alpha value is -1.52. The van der Waals surface area contributed by atoms with Gasteiger partial charge in [0, 0.05) is 17.8 Å². The number of benzene rings is 1. The van der Waals surface area contributed by atoms with Crippen molar-refractivity contribution >= 4 is 29.1 Å². The van der Waals surface area contributed by atoms with Gasteiger partial charge >= 0.3 is 0 Å². The third-order valence-corrected chi connectivity index (χ3v) is 4.60. The van der Waals surface area contributed by atoms with Crippen LogP contribution in [-0.4, -0.2) is 15.7 Å². The highest BCUT2D eigenvalue weighted by Gasteiger charge is 2.20. The number of rotatable bonds is 3. The molecule has 0 saturated heterocycles. The fourth-order valence-electron chi connectivity index (χ4n) is 2.93. The van der Waals surface area contributed by atoms with Gasteiger partial charge in [-0.15, -0.1) is 0 Å². The number of nitrogens with zero attached hydrogens (tertiary/aromatic N) is 2. The molecule has 1 aliphatic rings. The van der Waals surface area contributed by atoms with E-state index in [1.807, 2.05) is 11.7 Å². The van der Waals surface area contributed by atoms with E-state index in [0.29, 0.717) is 22.2 Å². The first-order valence-corrected chi connectivity index (χ1v) is 8.08. The van der Waals surface area contributed by atoms with Crippen LogP contribution in [0.25, 0.3) is 0 Å². The average molecular weight is 338 g/mol. The lowest BCUT2D eigenvalue weighted by molar-refractivity contribution is 0.0950. The molecule has 0 atom stereocenters. The molecule has 1 aliphatic carbocycles. The molecule has 0 unspecified atom stereocenters. The van der Waals surface area contributed by atoms with Crippen molar-refractivity contribution in [2.24, 2.45) is 7.05 Å². The summed E-state index contributed by atoms with van der Waals surface area (Å²) in [6.45, 7) is 0.408. The number of fused-ring (bicyclic) bond motifs is 1. The predicted molar refractivity (Wildman–Crippen MR) is 87.5 cm³/mol. The van der Waals surface area contributed by atoms with Crippen molar-refractivity contribution in [3.8, 4) is 0 Å². The Kier molecular flexibility index (Phi) is 4.41. The largest absolute Gasteiger partial charge is 0.346 e. The molecule has 1 heterocycles. The standard InChI is InChI=1S/C16H17Cl2N3O/c1-21-15-5-3-2-4-11(15)14(20-21)9-19-16(22)12-8-10(17)6-7-13(12)18/h6-8H,2-5,9H2,1H3,(H,19,22). The van der Waals surface area contributed by atoms with Crippen molar-refractivity contribution in [2.45, 2.75) is 32.2 Å². The second-order valence-electron chi connectivity index (χ2n) is 5.51. The van der Waals surface area contributed by atoms with Gasteiger partial charge in [-0.25, -0.2) is 0 Å². The monoisotopic (exact) mass is 337 g/mol. The van der Waals surface area contributed by atoms with Crippen LogP contribution >= 0.6 is 23.2 Å². The van der Waals surface area contributed by atoms with Crippen LogP contribution in [0.1, 0.15) is 40.2 Å². The van der Waals surface area contributed by atoms with Crippen LogP contribution in [0.2, 0.25) is 10.0 Å². The van der Waals surface area contributed by atoms with Gasteiger partial charge in [0.25, 0.3) is 5.91 Å². The summed E-state index contributed by atoms with van der Waals surface area (Å²) in [6, 6.07) is 4.87. The van der Waals surface area contributed by atoms with Crippen LogP contribution in [-0.2, 0) is 26.4 Å². The van der Waals surface area contributed by atoms with Gasteiger partial charge in [0.05, 0.1) is 22.8 Å². The number of aromatic nitrogens is 2. The Balaban J connectivity index is 1.75. The lowest BCUT2D eigenvalue weighted by Crippen LogP contribution is -2.24. The highest BCUT2D eigenvalue weighted by atomic mass is 35.5. The molecular weight excluding hydrogens is 321 g/mol. The summed E-state index contributed by atoms with van der Waals surface area (Å²) in [4.78, 5) is 12.3. The van der Waals surface area contributed by atoms with E-state index in [2.05, 4.69) is 10.4 Å². The minimum atomic E-state index is -0.234. The van der Waals surface area contributed by atoms with Crippen molar-refractivity contribution in [1.82, 2.24) is 15.1 Å².